The minimum atomic E-state index is -0.650. The zero-order valence-electron chi connectivity index (χ0n) is 11.3. The maximum absolute atomic E-state index is 11.1. The minimum absolute atomic E-state index is 0.137. The van der Waals surface area contributed by atoms with Gasteiger partial charge in [-0.25, -0.2) is 0 Å². The molecule has 1 aromatic rings. The van der Waals surface area contributed by atoms with Gasteiger partial charge in [0.2, 0.25) is 5.91 Å². The molecule has 1 unspecified atom stereocenters. The summed E-state index contributed by atoms with van der Waals surface area (Å²) in [6.45, 7) is 0.639. The van der Waals surface area contributed by atoms with Crippen molar-refractivity contribution in [2.75, 3.05) is 32.7 Å². The molecule has 1 atom stereocenters. The summed E-state index contributed by atoms with van der Waals surface area (Å²) in [6.07, 6.45) is -0.267. The number of hydrogen-bond donors (Lipinski definition) is 2. The number of nitrogens with two attached hydrogens (primary N) is 1. The fourth-order valence-electron chi connectivity index (χ4n) is 1.61. The highest BCUT2D eigenvalue weighted by molar-refractivity contribution is 5.94. The smallest absolute Gasteiger partial charge is 0.292 e. The molecule has 0 bridgehead atoms. The van der Waals surface area contributed by atoms with Gasteiger partial charge < -0.3 is 20.5 Å². The van der Waals surface area contributed by atoms with Crippen molar-refractivity contribution in [2.24, 2.45) is 5.73 Å². The van der Waals surface area contributed by atoms with Crippen molar-refractivity contribution in [1.29, 1.82) is 0 Å². The van der Waals surface area contributed by atoms with E-state index >= 15 is 0 Å². The van der Waals surface area contributed by atoms with Gasteiger partial charge in [-0.15, -0.1) is 0 Å². The summed E-state index contributed by atoms with van der Waals surface area (Å²) in [4.78, 5) is 21.5. The first kappa shape index (κ1) is 15.9. The third kappa shape index (κ3) is 4.18. The average Bonchev–Trinajstić information content (AvgIpc) is 2.42. The van der Waals surface area contributed by atoms with Crippen LogP contribution in [0.5, 0.6) is 0 Å². The maximum Gasteiger partial charge on any atom is 0.292 e. The number of nitro groups is 1. The van der Waals surface area contributed by atoms with E-state index in [9.17, 15) is 14.9 Å². The number of carbonyl (C=O) groups is 1. The molecule has 0 fully saturated rings. The van der Waals surface area contributed by atoms with Crippen LogP contribution in [0.3, 0.4) is 0 Å². The zero-order chi connectivity index (χ0) is 15.1. The highest BCUT2D eigenvalue weighted by atomic mass is 16.6. The summed E-state index contributed by atoms with van der Waals surface area (Å²) < 4.78 is 10.1. The van der Waals surface area contributed by atoms with Crippen LogP contribution in [0.15, 0.2) is 18.2 Å². The van der Waals surface area contributed by atoms with E-state index in [4.69, 9.17) is 15.2 Å². The number of rotatable bonds is 8. The number of methoxy groups -OCH3 is 2. The molecule has 0 heterocycles. The van der Waals surface area contributed by atoms with Gasteiger partial charge in [0.05, 0.1) is 17.6 Å². The summed E-state index contributed by atoms with van der Waals surface area (Å²) in [5, 5.41) is 13.8. The third-order valence-electron chi connectivity index (χ3n) is 2.68. The number of nitrogens with one attached hydrogen (secondary N) is 1. The summed E-state index contributed by atoms with van der Waals surface area (Å²) in [7, 11) is 3.04. The highest BCUT2D eigenvalue weighted by Gasteiger charge is 2.17. The van der Waals surface area contributed by atoms with Gasteiger partial charge in [0.15, 0.2) is 0 Å². The number of anilines is 1. The SMILES string of the molecule is COCC(CNc1cc(C(N)=O)ccc1[N+](=O)[O-])OC. The predicted octanol–water partition coefficient (Wildman–Crippen LogP) is 0.767. The molecule has 20 heavy (non-hydrogen) atoms. The molecule has 0 aliphatic heterocycles. The molecule has 110 valence electrons. The van der Waals surface area contributed by atoms with Crippen molar-refractivity contribution in [2.45, 2.75) is 6.10 Å². The van der Waals surface area contributed by atoms with E-state index in [1.165, 1.54) is 32.4 Å². The lowest BCUT2D eigenvalue weighted by atomic mass is 10.1. The van der Waals surface area contributed by atoms with Gasteiger partial charge in [0, 0.05) is 32.4 Å². The second kappa shape index (κ2) is 7.41. The Hall–Kier alpha value is -2.19. The summed E-state index contributed by atoms with van der Waals surface area (Å²) in [5.74, 6) is -0.650. The van der Waals surface area contributed by atoms with E-state index in [2.05, 4.69) is 5.32 Å². The van der Waals surface area contributed by atoms with Crippen molar-refractivity contribution in [3.8, 4) is 0 Å². The van der Waals surface area contributed by atoms with E-state index < -0.39 is 10.8 Å². The van der Waals surface area contributed by atoms with Crippen LogP contribution in [-0.4, -0.2) is 44.3 Å². The number of amides is 1. The van der Waals surface area contributed by atoms with E-state index in [-0.39, 0.29) is 23.0 Å². The molecule has 0 saturated heterocycles. The molecule has 0 spiro atoms. The first-order valence-electron chi connectivity index (χ1n) is 5.83. The Kier molecular flexibility index (Phi) is 5.88. The van der Waals surface area contributed by atoms with Crippen molar-refractivity contribution >= 4 is 17.3 Å². The van der Waals surface area contributed by atoms with Crippen LogP contribution in [0.1, 0.15) is 10.4 Å². The molecule has 0 aromatic heterocycles. The Balaban J connectivity index is 2.92. The topological polar surface area (TPSA) is 117 Å². The molecule has 0 saturated carbocycles. The minimum Gasteiger partial charge on any atom is -0.382 e. The number of nitro benzene ring substituents is 1. The number of nitrogens with zero attached hydrogens (tertiary/aromatic N) is 1. The largest absolute Gasteiger partial charge is 0.382 e. The number of carbonyl (C=O) groups excluding carboxylic acids is 1. The normalized spacial score (nSPS) is 11.9. The summed E-state index contributed by atoms with van der Waals surface area (Å²) >= 11 is 0. The number of primary amides is 1. The number of hydrogen-bond acceptors (Lipinski definition) is 6. The van der Waals surface area contributed by atoms with Gasteiger partial charge in [-0.3, -0.25) is 14.9 Å². The van der Waals surface area contributed by atoms with Crippen molar-refractivity contribution in [3.05, 3.63) is 33.9 Å². The first-order valence-corrected chi connectivity index (χ1v) is 5.83. The van der Waals surface area contributed by atoms with Crippen LogP contribution in [-0.2, 0) is 9.47 Å². The Morgan fingerprint density at radius 2 is 2.20 bits per heavy atom. The van der Waals surface area contributed by atoms with E-state index in [1.807, 2.05) is 0 Å². The molecule has 3 N–H and O–H groups in total. The standard InChI is InChI=1S/C12H17N3O5/c1-19-7-9(20-2)6-14-10-5-8(12(13)16)3-4-11(10)15(17)18/h3-5,9,14H,6-7H2,1-2H3,(H2,13,16). The number of ether oxygens (including phenoxy) is 2. The molecule has 1 aromatic carbocycles. The fourth-order valence-corrected chi connectivity index (χ4v) is 1.61. The fraction of sp³-hybridized carbons (Fsp3) is 0.417. The number of benzene rings is 1. The molecular weight excluding hydrogens is 266 g/mol. The second-order valence-corrected chi connectivity index (χ2v) is 4.05. The van der Waals surface area contributed by atoms with Crippen molar-refractivity contribution in [3.63, 3.8) is 0 Å². The van der Waals surface area contributed by atoms with Crippen LogP contribution in [0, 0.1) is 10.1 Å². The zero-order valence-corrected chi connectivity index (χ0v) is 11.3. The molecule has 0 radical (unpaired) electrons. The second-order valence-electron chi connectivity index (χ2n) is 4.05. The monoisotopic (exact) mass is 283 g/mol. The highest BCUT2D eigenvalue weighted by Crippen LogP contribution is 2.25. The van der Waals surface area contributed by atoms with E-state index in [0.29, 0.717) is 13.2 Å². The quantitative estimate of drug-likeness (QED) is 0.537. The van der Waals surface area contributed by atoms with E-state index in [1.54, 1.807) is 0 Å². The lowest BCUT2D eigenvalue weighted by Crippen LogP contribution is -2.27. The van der Waals surface area contributed by atoms with Gasteiger partial charge in [-0.1, -0.05) is 0 Å². The van der Waals surface area contributed by atoms with Gasteiger partial charge in [0.1, 0.15) is 5.69 Å². The molecule has 0 aliphatic carbocycles. The van der Waals surface area contributed by atoms with Crippen LogP contribution in [0.2, 0.25) is 0 Å². The lowest BCUT2D eigenvalue weighted by molar-refractivity contribution is -0.384. The van der Waals surface area contributed by atoms with Crippen molar-refractivity contribution in [1.82, 2.24) is 0 Å². The summed E-state index contributed by atoms with van der Waals surface area (Å²) in [5.41, 5.74) is 5.43. The van der Waals surface area contributed by atoms with E-state index in [0.717, 1.165) is 0 Å². The molecule has 8 heteroatoms. The Labute approximate surface area is 116 Å². The predicted molar refractivity (Wildman–Crippen MR) is 72.8 cm³/mol. The molecular formula is C12H17N3O5. The van der Waals surface area contributed by atoms with Crippen LogP contribution < -0.4 is 11.1 Å². The van der Waals surface area contributed by atoms with Gasteiger partial charge >= 0.3 is 0 Å². The Bertz CT molecular complexity index is 492. The molecule has 8 nitrogen and oxygen atoms in total. The van der Waals surface area contributed by atoms with Gasteiger partial charge in [-0.05, 0) is 12.1 Å². The molecule has 0 aliphatic rings. The van der Waals surface area contributed by atoms with Gasteiger partial charge in [-0.2, -0.15) is 0 Å². The molecule has 1 amide bonds. The molecule has 1 rings (SSSR count). The van der Waals surface area contributed by atoms with Crippen LogP contribution in [0.4, 0.5) is 11.4 Å². The lowest BCUT2D eigenvalue weighted by Gasteiger charge is -2.16. The maximum atomic E-state index is 11.1. The van der Waals surface area contributed by atoms with Crippen LogP contribution in [0.25, 0.3) is 0 Å². The third-order valence-corrected chi connectivity index (χ3v) is 2.68. The Morgan fingerprint density at radius 3 is 2.70 bits per heavy atom. The summed E-state index contributed by atoms with van der Waals surface area (Å²) in [6, 6.07) is 3.90. The first-order chi connectivity index (χ1) is 9.49. The Morgan fingerprint density at radius 1 is 1.50 bits per heavy atom. The van der Waals surface area contributed by atoms with Crippen molar-refractivity contribution < 1.29 is 19.2 Å². The van der Waals surface area contributed by atoms with Gasteiger partial charge in [0.25, 0.3) is 5.69 Å². The average molecular weight is 283 g/mol. The van der Waals surface area contributed by atoms with Crippen LogP contribution >= 0.6 is 0 Å².